The zero-order valence-corrected chi connectivity index (χ0v) is 11.7. The van der Waals surface area contributed by atoms with Gasteiger partial charge in [-0.15, -0.1) is 0 Å². The van der Waals surface area contributed by atoms with Gasteiger partial charge < -0.3 is 14.2 Å². The Morgan fingerprint density at radius 1 is 1.35 bits per heavy atom. The van der Waals surface area contributed by atoms with E-state index in [1.54, 1.807) is 16.1 Å². The van der Waals surface area contributed by atoms with Crippen LogP contribution in [-0.2, 0) is 16.0 Å². The van der Waals surface area contributed by atoms with E-state index in [4.69, 9.17) is 4.42 Å². The molecule has 2 saturated heterocycles. The van der Waals surface area contributed by atoms with E-state index in [2.05, 4.69) is 0 Å². The minimum absolute atomic E-state index is 0.112. The van der Waals surface area contributed by atoms with E-state index in [0.29, 0.717) is 19.4 Å². The fourth-order valence-corrected chi connectivity index (χ4v) is 3.30. The van der Waals surface area contributed by atoms with Crippen molar-refractivity contribution in [2.24, 2.45) is 0 Å². The number of hydrogen-bond donors (Lipinski definition) is 0. The first kappa shape index (κ1) is 13.2. The van der Waals surface area contributed by atoms with Crippen LogP contribution in [0.25, 0.3) is 0 Å². The number of fused-ring (bicyclic) bond motifs is 1. The Hall–Kier alpha value is -1.78. The van der Waals surface area contributed by atoms with E-state index < -0.39 is 0 Å². The molecular formula is C15H20N2O3. The zero-order valence-electron chi connectivity index (χ0n) is 11.7. The van der Waals surface area contributed by atoms with Gasteiger partial charge in [0.1, 0.15) is 17.8 Å². The van der Waals surface area contributed by atoms with Gasteiger partial charge >= 0.3 is 0 Å². The molecule has 108 valence electrons. The van der Waals surface area contributed by atoms with Gasteiger partial charge in [0.25, 0.3) is 0 Å². The number of furan rings is 1. The molecular weight excluding hydrogens is 256 g/mol. The summed E-state index contributed by atoms with van der Waals surface area (Å²) in [5.41, 5.74) is 0. The summed E-state index contributed by atoms with van der Waals surface area (Å²) in [6.07, 6.45) is 4.71. The molecule has 2 amide bonds. The highest BCUT2D eigenvalue weighted by Gasteiger charge is 2.46. The van der Waals surface area contributed by atoms with Crippen LogP contribution in [-0.4, -0.2) is 46.8 Å². The predicted molar refractivity (Wildman–Crippen MR) is 72.9 cm³/mol. The molecule has 2 aliphatic heterocycles. The van der Waals surface area contributed by atoms with Crippen LogP contribution in [0.3, 0.4) is 0 Å². The fourth-order valence-electron chi connectivity index (χ4n) is 3.30. The van der Waals surface area contributed by atoms with Crippen LogP contribution in [0.5, 0.6) is 0 Å². The monoisotopic (exact) mass is 276 g/mol. The molecule has 5 nitrogen and oxygen atoms in total. The molecule has 2 aliphatic rings. The molecule has 5 heteroatoms. The molecule has 1 aromatic heterocycles. The topological polar surface area (TPSA) is 53.8 Å². The molecule has 0 bridgehead atoms. The van der Waals surface area contributed by atoms with Crippen molar-refractivity contribution in [2.45, 2.75) is 44.7 Å². The Kier molecular flexibility index (Phi) is 3.51. The number of piperazine rings is 1. The van der Waals surface area contributed by atoms with Crippen LogP contribution in [0, 0.1) is 0 Å². The average Bonchev–Trinajstić information content (AvgIpc) is 3.11. The number of rotatable bonds is 4. The van der Waals surface area contributed by atoms with Gasteiger partial charge in [-0.2, -0.15) is 0 Å². The van der Waals surface area contributed by atoms with Gasteiger partial charge in [-0.1, -0.05) is 6.92 Å². The van der Waals surface area contributed by atoms with Crippen LogP contribution in [0.1, 0.15) is 31.9 Å². The third-order valence-corrected chi connectivity index (χ3v) is 4.33. The van der Waals surface area contributed by atoms with Crippen molar-refractivity contribution in [1.82, 2.24) is 9.80 Å². The van der Waals surface area contributed by atoms with Crippen molar-refractivity contribution in [1.29, 1.82) is 0 Å². The second kappa shape index (κ2) is 5.31. The van der Waals surface area contributed by atoms with Crippen LogP contribution in [0.2, 0.25) is 0 Å². The van der Waals surface area contributed by atoms with Crippen molar-refractivity contribution in [2.75, 3.05) is 13.1 Å². The van der Waals surface area contributed by atoms with E-state index >= 15 is 0 Å². The van der Waals surface area contributed by atoms with Crippen LogP contribution in [0.15, 0.2) is 22.8 Å². The van der Waals surface area contributed by atoms with Gasteiger partial charge in [0.15, 0.2) is 0 Å². The first-order valence-corrected chi connectivity index (χ1v) is 7.35. The molecule has 2 fully saturated rings. The van der Waals surface area contributed by atoms with Gasteiger partial charge in [0.05, 0.1) is 6.26 Å². The molecule has 20 heavy (non-hydrogen) atoms. The van der Waals surface area contributed by atoms with E-state index in [-0.39, 0.29) is 23.9 Å². The second-order valence-electron chi connectivity index (χ2n) is 5.47. The predicted octanol–water partition coefficient (Wildman–Crippen LogP) is 1.43. The average molecular weight is 276 g/mol. The molecule has 0 radical (unpaired) electrons. The summed E-state index contributed by atoms with van der Waals surface area (Å²) in [6.45, 7) is 3.25. The zero-order chi connectivity index (χ0) is 14.1. The number of amides is 2. The molecule has 3 rings (SSSR count). The quantitative estimate of drug-likeness (QED) is 0.836. The van der Waals surface area contributed by atoms with E-state index in [9.17, 15) is 9.59 Å². The summed E-state index contributed by atoms with van der Waals surface area (Å²) in [6, 6.07) is 3.22. The Labute approximate surface area is 118 Å². The summed E-state index contributed by atoms with van der Waals surface area (Å²) in [4.78, 5) is 28.6. The lowest BCUT2D eigenvalue weighted by molar-refractivity contribution is -0.159. The van der Waals surface area contributed by atoms with Gasteiger partial charge in [-0.25, -0.2) is 0 Å². The number of carbonyl (C=O) groups is 2. The Morgan fingerprint density at radius 2 is 2.20 bits per heavy atom. The highest BCUT2D eigenvalue weighted by molar-refractivity contribution is 5.97. The maximum Gasteiger partial charge on any atom is 0.246 e. The number of hydrogen-bond acceptors (Lipinski definition) is 3. The lowest BCUT2D eigenvalue weighted by atomic mass is 10.0. The largest absolute Gasteiger partial charge is 0.469 e. The van der Waals surface area contributed by atoms with Crippen molar-refractivity contribution in [3.63, 3.8) is 0 Å². The molecule has 1 aromatic rings. The summed E-state index contributed by atoms with van der Waals surface area (Å²) in [5.74, 6) is 1.09. The fraction of sp³-hybridized carbons (Fsp3) is 0.600. The lowest BCUT2D eigenvalue weighted by Crippen LogP contribution is -2.62. The van der Waals surface area contributed by atoms with Crippen molar-refractivity contribution < 1.29 is 14.0 Å². The van der Waals surface area contributed by atoms with Crippen molar-refractivity contribution >= 4 is 11.8 Å². The minimum atomic E-state index is -0.299. The highest BCUT2D eigenvalue weighted by Crippen LogP contribution is 2.28. The summed E-state index contributed by atoms with van der Waals surface area (Å²) in [5, 5.41) is 0. The van der Waals surface area contributed by atoms with Crippen LogP contribution in [0.4, 0.5) is 0 Å². The van der Waals surface area contributed by atoms with Gasteiger partial charge in [0, 0.05) is 19.5 Å². The maximum absolute atomic E-state index is 12.6. The summed E-state index contributed by atoms with van der Waals surface area (Å²) >= 11 is 0. The second-order valence-corrected chi connectivity index (χ2v) is 5.47. The molecule has 0 spiro atoms. The van der Waals surface area contributed by atoms with Gasteiger partial charge in [-0.05, 0) is 31.4 Å². The van der Waals surface area contributed by atoms with Crippen molar-refractivity contribution in [3.8, 4) is 0 Å². The minimum Gasteiger partial charge on any atom is -0.469 e. The van der Waals surface area contributed by atoms with Gasteiger partial charge in [-0.3, -0.25) is 9.59 Å². The van der Waals surface area contributed by atoms with Crippen LogP contribution < -0.4 is 0 Å². The molecule has 0 aliphatic carbocycles. The standard InChI is InChI=1S/C15H20N2O3/c1-2-12-14(18)16-8-3-6-13(16)15(19)17(12)9-7-11-5-4-10-20-11/h4-5,10,12-13H,2-3,6-9H2,1H3. The lowest BCUT2D eigenvalue weighted by Gasteiger charge is -2.42. The smallest absolute Gasteiger partial charge is 0.246 e. The summed E-state index contributed by atoms with van der Waals surface area (Å²) in [7, 11) is 0. The van der Waals surface area contributed by atoms with Gasteiger partial charge in [0.2, 0.25) is 11.8 Å². The first-order valence-electron chi connectivity index (χ1n) is 7.35. The van der Waals surface area contributed by atoms with E-state index in [1.807, 2.05) is 19.1 Å². The normalized spacial score (nSPS) is 26.2. The molecule has 2 unspecified atom stereocenters. The molecule has 2 atom stereocenters. The third-order valence-electron chi connectivity index (χ3n) is 4.33. The Bertz CT molecular complexity index is 497. The molecule has 0 N–H and O–H groups in total. The van der Waals surface area contributed by atoms with Crippen LogP contribution >= 0.6 is 0 Å². The Morgan fingerprint density at radius 3 is 2.90 bits per heavy atom. The number of nitrogens with zero attached hydrogens (tertiary/aromatic N) is 2. The van der Waals surface area contributed by atoms with E-state index in [1.165, 1.54) is 0 Å². The number of carbonyl (C=O) groups excluding carboxylic acids is 2. The Balaban J connectivity index is 1.76. The summed E-state index contributed by atoms with van der Waals surface area (Å²) < 4.78 is 5.31. The first-order chi connectivity index (χ1) is 9.72. The molecule has 0 saturated carbocycles. The van der Waals surface area contributed by atoms with Crippen molar-refractivity contribution in [3.05, 3.63) is 24.2 Å². The highest BCUT2D eigenvalue weighted by atomic mass is 16.3. The maximum atomic E-state index is 12.6. The SMILES string of the molecule is CCC1C(=O)N2CCCC2C(=O)N1CCc1ccco1. The third kappa shape index (κ3) is 2.11. The molecule has 3 heterocycles. The molecule has 0 aromatic carbocycles. The van der Waals surface area contributed by atoms with E-state index in [0.717, 1.165) is 25.1 Å².